The van der Waals surface area contributed by atoms with Crippen molar-refractivity contribution in [3.8, 4) is 5.75 Å². The summed E-state index contributed by atoms with van der Waals surface area (Å²) in [5, 5.41) is 3.01. The molecule has 4 nitrogen and oxygen atoms in total. The van der Waals surface area contributed by atoms with E-state index in [1.807, 2.05) is 38.1 Å². The predicted octanol–water partition coefficient (Wildman–Crippen LogP) is 2.31. The van der Waals surface area contributed by atoms with Crippen molar-refractivity contribution in [1.82, 2.24) is 5.32 Å². The third kappa shape index (κ3) is 4.23. The summed E-state index contributed by atoms with van der Waals surface area (Å²) in [5.74, 6) is 0.876. The second-order valence-corrected chi connectivity index (χ2v) is 5.16. The van der Waals surface area contributed by atoms with Gasteiger partial charge in [-0.25, -0.2) is 0 Å². The fourth-order valence-electron chi connectivity index (χ4n) is 2.45. The van der Waals surface area contributed by atoms with Crippen molar-refractivity contribution in [1.29, 1.82) is 0 Å². The molecule has 0 saturated carbocycles. The summed E-state index contributed by atoms with van der Waals surface area (Å²) in [7, 11) is 0. The monoisotopic (exact) mass is 277 g/mol. The zero-order valence-corrected chi connectivity index (χ0v) is 12.2. The van der Waals surface area contributed by atoms with Gasteiger partial charge in [0.05, 0.1) is 25.2 Å². The maximum absolute atomic E-state index is 12.0. The maximum atomic E-state index is 12.0. The molecule has 4 heteroatoms. The van der Waals surface area contributed by atoms with E-state index in [4.69, 9.17) is 9.47 Å². The second-order valence-electron chi connectivity index (χ2n) is 5.16. The Kier molecular flexibility index (Phi) is 5.41. The van der Waals surface area contributed by atoms with Crippen molar-refractivity contribution in [3.05, 3.63) is 29.8 Å². The van der Waals surface area contributed by atoms with Gasteiger partial charge in [0.2, 0.25) is 5.91 Å². The highest BCUT2D eigenvalue weighted by Crippen LogP contribution is 2.16. The van der Waals surface area contributed by atoms with Crippen molar-refractivity contribution in [2.24, 2.45) is 0 Å². The van der Waals surface area contributed by atoms with Crippen LogP contribution >= 0.6 is 0 Å². The summed E-state index contributed by atoms with van der Waals surface area (Å²) < 4.78 is 11.0. The van der Waals surface area contributed by atoms with Crippen LogP contribution in [0, 0.1) is 0 Å². The minimum Gasteiger partial charge on any atom is -0.494 e. The molecule has 1 aromatic rings. The Bertz CT molecular complexity index is 424. The molecule has 1 aliphatic rings. The van der Waals surface area contributed by atoms with Crippen LogP contribution in [0.1, 0.15) is 32.3 Å². The van der Waals surface area contributed by atoms with Crippen molar-refractivity contribution < 1.29 is 14.3 Å². The SMILES string of the molecule is CCOc1ccc(CC(=O)N[C@@H](C)[C@@H]2CCCO2)cc1. The lowest BCUT2D eigenvalue weighted by molar-refractivity contribution is -0.121. The van der Waals surface area contributed by atoms with E-state index >= 15 is 0 Å². The zero-order valence-electron chi connectivity index (χ0n) is 12.2. The quantitative estimate of drug-likeness (QED) is 0.868. The molecule has 0 unspecified atom stereocenters. The maximum Gasteiger partial charge on any atom is 0.224 e. The van der Waals surface area contributed by atoms with E-state index in [9.17, 15) is 4.79 Å². The first-order chi connectivity index (χ1) is 9.69. The summed E-state index contributed by atoms with van der Waals surface area (Å²) in [4.78, 5) is 12.0. The number of carbonyl (C=O) groups excluding carboxylic acids is 1. The van der Waals surface area contributed by atoms with Gasteiger partial charge in [-0.15, -0.1) is 0 Å². The molecule has 1 aromatic carbocycles. The van der Waals surface area contributed by atoms with Crippen LogP contribution in [0.5, 0.6) is 5.75 Å². The lowest BCUT2D eigenvalue weighted by Gasteiger charge is -2.20. The second kappa shape index (κ2) is 7.29. The van der Waals surface area contributed by atoms with E-state index in [0.717, 1.165) is 30.8 Å². The molecule has 0 spiro atoms. The van der Waals surface area contributed by atoms with E-state index in [1.54, 1.807) is 0 Å². The molecule has 1 aliphatic heterocycles. The van der Waals surface area contributed by atoms with E-state index in [1.165, 1.54) is 0 Å². The van der Waals surface area contributed by atoms with Crippen LogP contribution < -0.4 is 10.1 Å². The highest BCUT2D eigenvalue weighted by atomic mass is 16.5. The number of ether oxygens (including phenoxy) is 2. The van der Waals surface area contributed by atoms with Gasteiger partial charge < -0.3 is 14.8 Å². The number of amides is 1. The number of hydrogen-bond donors (Lipinski definition) is 1. The number of rotatable bonds is 6. The van der Waals surface area contributed by atoms with Crippen molar-refractivity contribution in [2.45, 2.75) is 45.3 Å². The molecule has 1 amide bonds. The molecule has 0 aliphatic carbocycles. The largest absolute Gasteiger partial charge is 0.494 e. The van der Waals surface area contributed by atoms with Gasteiger partial charge in [-0.1, -0.05) is 12.1 Å². The minimum absolute atomic E-state index is 0.0390. The number of nitrogens with one attached hydrogen (secondary N) is 1. The number of hydrogen-bond acceptors (Lipinski definition) is 3. The highest BCUT2D eigenvalue weighted by Gasteiger charge is 2.23. The van der Waals surface area contributed by atoms with Gasteiger partial charge in [0.15, 0.2) is 0 Å². The van der Waals surface area contributed by atoms with Crippen LogP contribution in [0.4, 0.5) is 0 Å². The lowest BCUT2D eigenvalue weighted by Crippen LogP contribution is -2.41. The summed E-state index contributed by atoms with van der Waals surface area (Å²) >= 11 is 0. The van der Waals surface area contributed by atoms with Crippen molar-refractivity contribution in [3.63, 3.8) is 0 Å². The third-order valence-corrected chi connectivity index (χ3v) is 3.51. The third-order valence-electron chi connectivity index (χ3n) is 3.51. The molecule has 2 atom stereocenters. The van der Waals surface area contributed by atoms with Gasteiger partial charge in [-0.2, -0.15) is 0 Å². The van der Waals surface area contributed by atoms with Crippen LogP contribution in [0.25, 0.3) is 0 Å². The molecule has 110 valence electrons. The summed E-state index contributed by atoms with van der Waals surface area (Å²) in [6.45, 7) is 5.42. The summed E-state index contributed by atoms with van der Waals surface area (Å²) in [6.07, 6.45) is 2.68. The van der Waals surface area contributed by atoms with Gasteiger partial charge in [0, 0.05) is 6.61 Å². The van der Waals surface area contributed by atoms with Crippen LogP contribution in [0.15, 0.2) is 24.3 Å². The van der Waals surface area contributed by atoms with Crippen LogP contribution in [-0.4, -0.2) is 31.3 Å². The lowest BCUT2D eigenvalue weighted by atomic mass is 10.1. The minimum atomic E-state index is 0.0390. The smallest absolute Gasteiger partial charge is 0.224 e. The van der Waals surface area contributed by atoms with E-state index in [2.05, 4.69) is 5.32 Å². The Balaban J connectivity index is 1.81. The van der Waals surface area contributed by atoms with Crippen molar-refractivity contribution in [2.75, 3.05) is 13.2 Å². The average Bonchev–Trinajstić information content (AvgIpc) is 2.95. The highest BCUT2D eigenvalue weighted by molar-refractivity contribution is 5.78. The molecule has 2 rings (SSSR count). The van der Waals surface area contributed by atoms with Gasteiger partial charge in [0.25, 0.3) is 0 Å². The first kappa shape index (κ1) is 14.9. The van der Waals surface area contributed by atoms with Crippen molar-refractivity contribution >= 4 is 5.91 Å². The molecule has 1 saturated heterocycles. The van der Waals surface area contributed by atoms with E-state index < -0.39 is 0 Å². The number of benzene rings is 1. The standard InChI is InChI=1S/C16H23NO3/c1-3-19-14-8-6-13(7-9-14)11-16(18)17-12(2)15-5-4-10-20-15/h6-9,12,15H,3-5,10-11H2,1-2H3,(H,17,18)/t12-,15-/m0/s1. The van der Waals surface area contributed by atoms with E-state index in [-0.39, 0.29) is 18.1 Å². The van der Waals surface area contributed by atoms with Crippen LogP contribution in [0.2, 0.25) is 0 Å². The average molecular weight is 277 g/mol. The molecule has 0 aromatic heterocycles. The van der Waals surface area contributed by atoms with Gasteiger partial charge >= 0.3 is 0 Å². The number of carbonyl (C=O) groups is 1. The Morgan fingerprint density at radius 3 is 2.80 bits per heavy atom. The fourth-order valence-corrected chi connectivity index (χ4v) is 2.45. The predicted molar refractivity (Wildman–Crippen MR) is 77.9 cm³/mol. The van der Waals surface area contributed by atoms with Crippen LogP contribution in [-0.2, 0) is 16.0 Å². The molecule has 0 radical (unpaired) electrons. The molecule has 1 fully saturated rings. The Morgan fingerprint density at radius 1 is 1.45 bits per heavy atom. The van der Waals surface area contributed by atoms with Gasteiger partial charge in [0.1, 0.15) is 5.75 Å². The molecule has 1 heterocycles. The molecule has 20 heavy (non-hydrogen) atoms. The molecular formula is C16H23NO3. The molecule has 0 bridgehead atoms. The van der Waals surface area contributed by atoms with Gasteiger partial charge in [-0.3, -0.25) is 4.79 Å². The van der Waals surface area contributed by atoms with E-state index in [0.29, 0.717) is 13.0 Å². The molecule has 1 N–H and O–H groups in total. The summed E-state index contributed by atoms with van der Waals surface area (Å²) in [6, 6.07) is 7.74. The Hall–Kier alpha value is -1.55. The first-order valence-corrected chi connectivity index (χ1v) is 7.31. The normalized spacial score (nSPS) is 19.6. The summed E-state index contributed by atoms with van der Waals surface area (Å²) in [5.41, 5.74) is 0.991. The van der Waals surface area contributed by atoms with Crippen LogP contribution in [0.3, 0.4) is 0 Å². The first-order valence-electron chi connectivity index (χ1n) is 7.31. The van der Waals surface area contributed by atoms with Gasteiger partial charge in [-0.05, 0) is 44.4 Å². The fraction of sp³-hybridized carbons (Fsp3) is 0.562. The zero-order chi connectivity index (χ0) is 14.4. The molecular weight excluding hydrogens is 254 g/mol. The Labute approximate surface area is 120 Å². The topological polar surface area (TPSA) is 47.6 Å². The Morgan fingerprint density at radius 2 is 2.20 bits per heavy atom.